The smallest absolute Gasteiger partial charge is 0.326 e. The van der Waals surface area contributed by atoms with Gasteiger partial charge in [0.05, 0.1) is 16.4 Å². The number of anilines is 5. The fourth-order valence-corrected chi connectivity index (χ4v) is 7.77. The number of imidazole rings is 1. The quantitative estimate of drug-likeness (QED) is 0.180. The SMILES string of the molecule is Cc1cccc(C)c1Nc1nn(C)c2nc(Nc3ccc(C4CCN(C(=O)C5CCN(c6ccc7[nH]c(=O)n(C)c7c6)CC5)CC4)cc3)ncc12. The van der Waals surface area contributed by atoms with Crippen LogP contribution in [0.25, 0.3) is 22.1 Å². The lowest BCUT2D eigenvalue weighted by molar-refractivity contribution is -0.137. The molecule has 51 heavy (non-hydrogen) atoms. The Morgan fingerprint density at radius 3 is 2.33 bits per heavy atom. The largest absolute Gasteiger partial charge is 0.371 e. The number of aromatic amines is 1. The van der Waals surface area contributed by atoms with E-state index in [1.54, 1.807) is 16.3 Å². The van der Waals surface area contributed by atoms with Gasteiger partial charge in [0, 0.05) is 69.5 Å². The number of likely N-dealkylation sites (tertiary alicyclic amines) is 1. The van der Waals surface area contributed by atoms with Gasteiger partial charge in [0.2, 0.25) is 11.9 Å². The maximum absolute atomic E-state index is 13.5. The molecular formula is C39H44N10O2. The minimum Gasteiger partial charge on any atom is -0.371 e. The van der Waals surface area contributed by atoms with Crippen molar-refractivity contribution in [1.29, 1.82) is 0 Å². The van der Waals surface area contributed by atoms with Gasteiger partial charge in [0.15, 0.2) is 11.5 Å². The van der Waals surface area contributed by atoms with Gasteiger partial charge in [-0.2, -0.15) is 10.1 Å². The number of fused-ring (bicyclic) bond motifs is 2. The third-order valence-electron chi connectivity index (χ3n) is 10.8. The average molecular weight is 685 g/mol. The summed E-state index contributed by atoms with van der Waals surface area (Å²) in [4.78, 5) is 42.2. The first-order chi connectivity index (χ1) is 24.7. The van der Waals surface area contributed by atoms with Gasteiger partial charge in [-0.3, -0.25) is 9.36 Å². The Bertz CT molecular complexity index is 2270. The molecule has 0 spiro atoms. The van der Waals surface area contributed by atoms with Gasteiger partial charge in [0.25, 0.3) is 0 Å². The molecule has 2 fully saturated rings. The standard InChI is InChI=1S/C39H44N10O2/c1-24-6-5-7-25(2)34(24)43-35-31-23-40-38(44-36(31)47(4)45-35)41-29-10-8-26(9-11-29)27-14-20-49(21-15-27)37(50)28-16-18-48(19-17-28)30-12-13-32-33(22-30)46(3)39(51)42-32/h5-13,22-23,27-28H,14-21H2,1-4H3,(H,42,51)(H,43,45)(H,40,41,44). The van der Waals surface area contributed by atoms with Crippen LogP contribution < -0.4 is 21.2 Å². The average Bonchev–Trinajstić information content (AvgIpc) is 3.62. The van der Waals surface area contributed by atoms with Crippen LogP contribution in [0.2, 0.25) is 0 Å². The molecule has 12 heteroatoms. The van der Waals surface area contributed by atoms with E-state index in [9.17, 15) is 9.59 Å². The number of amides is 1. The summed E-state index contributed by atoms with van der Waals surface area (Å²) in [7, 11) is 3.68. The summed E-state index contributed by atoms with van der Waals surface area (Å²) in [5.74, 6) is 2.04. The van der Waals surface area contributed by atoms with Crippen molar-refractivity contribution in [3.05, 3.63) is 94.0 Å². The number of carbonyl (C=O) groups excluding carboxylic acids is 1. The van der Waals surface area contributed by atoms with Crippen LogP contribution in [0.5, 0.6) is 0 Å². The molecule has 0 radical (unpaired) electrons. The first-order valence-electron chi connectivity index (χ1n) is 17.8. The van der Waals surface area contributed by atoms with Gasteiger partial charge in [0.1, 0.15) is 0 Å². The second kappa shape index (κ2) is 13.2. The number of hydrogen-bond donors (Lipinski definition) is 3. The topological polar surface area (TPSA) is 129 Å². The van der Waals surface area contributed by atoms with Crippen LogP contribution in [0.4, 0.5) is 28.8 Å². The molecule has 0 aliphatic carbocycles. The van der Waals surface area contributed by atoms with E-state index in [1.165, 1.54) is 5.56 Å². The maximum atomic E-state index is 13.5. The summed E-state index contributed by atoms with van der Waals surface area (Å²) in [6.45, 7) is 7.43. The minimum atomic E-state index is -0.105. The van der Waals surface area contributed by atoms with Gasteiger partial charge in [-0.15, -0.1) is 0 Å². The molecule has 0 atom stereocenters. The Morgan fingerprint density at radius 2 is 1.61 bits per heavy atom. The number of para-hydroxylation sites is 1. The fourth-order valence-electron chi connectivity index (χ4n) is 7.77. The molecule has 2 aliphatic rings. The molecule has 8 rings (SSSR count). The highest BCUT2D eigenvalue weighted by molar-refractivity contribution is 5.90. The van der Waals surface area contributed by atoms with Crippen LogP contribution in [0.3, 0.4) is 0 Å². The van der Waals surface area contributed by atoms with E-state index in [4.69, 9.17) is 4.98 Å². The van der Waals surface area contributed by atoms with E-state index in [1.807, 2.05) is 19.3 Å². The minimum absolute atomic E-state index is 0.0661. The number of benzene rings is 3. The second-order valence-electron chi connectivity index (χ2n) is 14.1. The maximum Gasteiger partial charge on any atom is 0.326 e. The third kappa shape index (κ3) is 6.30. The van der Waals surface area contributed by atoms with E-state index < -0.39 is 0 Å². The van der Waals surface area contributed by atoms with Crippen molar-refractivity contribution < 1.29 is 4.79 Å². The van der Waals surface area contributed by atoms with E-state index in [0.717, 1.165) is 108 Å². The van der Waals surface area contributed by atoms with E-state index >= 15 is 0 Å². The molecule has 2 aliphatic heterocycles. The molecule has 5 heterocycles. The summed E-state index contributed by atoms with van der Waals surface area (Å²) < 4.78 is 3.42. The fraction of sp³-hybridized carbons (Fsp3) is 0.359. The van der Waals surface area contributed by atoms with E-state index in [-0.39, 0.29) is 11.6 Å². The molecule has 3 aromatic heterocycles. The molecule has 0 bridgehead atoms. The third-order valence-corrected chi connectivity index (χ3v) is 10.8. The van der Waals surface area contributed by atoms with E-state index in [0.29, 0.717) is 17.8 Å². The van der Waals surface area contributed by atoms with Crippen molar-refractivity contribution in [2.45, 2.75) is 45.4 Å². The normalized spacial score (nSPS) is 15.9. The number of rotatable bonds is 7. The Balaban J connectivity index is 0.844. The molecule has 12 nitrogen and oxygen atoms in total. The molecule has 262 valence electrons. The highest BCUT2D eigenvalue weighted by atomic mass is 16.2. The van der Waals surface area contributed by atoms with Gasteiger partial charge in [-0.05, 0) is 92.5 Å². The number of nitrogens with one attached hydrogen (secondary N) is 3. The number of aryl methyl sites for hydroxylation is 4. The van der Waals surface area contributed by atoms with Gasteiger partial charge in [-0.1, -0.05) is 30.3 Å². The lowest BCUT2D eigenvalue weighted by Crippen LogP contribution is -2.45. The van der Waals surface area contributed by atoms with Gasteiger partial charge >= 0.3 is 5.69 Å². The number of hydrogen-bond acceptors (Lipinski definition) is 8. The van der Waals surface area contributed by atoms with Crippen molar-refractivity contribution in [2.24, 2.45) is 20.0 Å². The van der Waals surface area contributed by atoms with E-state index in [2.05, 4.69) is 104 Å². The number of carbonyl (C=O) groups is 1. The number of aromatic nitrogens is 6. The van der Waals surface area contributed by atoms with Crippen LogP contribution in [0.15, 0.2) is 71.7 Å². The zero-order valence-corrected chi connectivity index (χ0v) is 29.6. The molecule has 3 aromatic carbocycles. The molecule has 0 saturated carbocycles. The summed E-state index contributed by atoms with van der Waals surface area (Å²) >= 11 is 0. The Hall–Kier alpha value is -5.65. The highest BCUT2D eigenvalue weighted by Crippen LogP contribution is 2.33. The van der Waals surface area contributed by atoms with Crippen molar-refractivity contribution >= 4 is 56.8 Å². The summed E-state index contributed by atoms with van der Waals surface area (Å²) in [5, 5.41) is 12.4. The van der Waals surface area contributed by atoms with Crippen LogP contribution >= 0.6 is 0 Å². The molecule has 3 N–H and O–H groups in total. The molecule has 2 saturated heterocycles. The molecular weight excluding hydrogens is 640 g/mol. The second-order valence-corrected chi connectivity index (χ2v) is 14.1. The van der Waals surface area contributed by atoms with Crippen molar-refractivity contribution in [1.82, 2.24) is 34.2 Å². The molecule has 6 aromatic rings. The number of H-pyrrole nitrogens is 1. The summed E-state index contributed by atoms with van der Waals surface area (Å²) in [5.41, 5.74) is 9.06. The predicted molar refractivity (Wildman–Crippen MR) is 202 cm³/mol. The summed E-state index contributed by atoms with van der Waals surface area (Å²) in [6, 6.07) is 20.8. The van der Waals surface area contributed by atoms with Crippen LogP contribution in [0.1, 0.15) is 48.3 Å². The molecule has 0 unspecified atom stereocenters. The first kappa shape index (κ1) is 32.5. The van der Waals surface area contributed by atoms with Crippen LogP contribution in [-0.4, -0.2) is 66.3 Å². The van der Waals surface area contributed by atoms with Crippen molar-refractivity contribution in [3.63, 3.8) is 0 Å². The number of nitrogens with zero attached hydrogens (tertiary/aromatic N) is 7. The van der Waals surface area contributed by atoms with Crippen molar-refractivity contribution in [2.75, 3.05) is 41.7 Å². The number of piperidine rings is 2. The lowest BCUT2D eigenvalue weighted by Gasteiger charge is -2.38. The zero-order valence-electron chi connectivity index (χ0n) is 29.6. The zero-order chi connectivity index (χ0) is 35.2. The Labute approximate surface area is 296 Å². The first-order valence-corrected chi connectivity index (χ1v) is 17.8. The Kier molecular flexibility index (Phi) is 8.45. The van der Waals surface area contributed by atoms with Gasteiger partial charge in [-0.25, -0.2) is 14.5 Å². The molecule has 1 amide bonds. The van der Waals surface area contributed by atoms with Crippen molar-refractivity contribution in [3.8, 4) is 0 Å². The van der Waals surface area contributed by atoms with Crippen LogP contribution in [-0.2, 0) is 18.9 Å². The monoisotopic (exact) mass is 684 g/mol. The Morgan fingerprint density at radius 1 is 0.882 bits per heavy atom. The highest BCUT2D eigenvalue weighted by Gasteiger charge is 2.31. The van der Waals surface area contributed by atoms with Gasteiger partial charge < -0.3 is 25.4 Å². The van der Waals surface area contributed by atoms with Crippen LogP contribution in [0, 0.1) is 19.8 Å². The summed E-state index contributed by atoms with van der Waals surface area (Å²) in [6.07, 6.45) is 5.44. The predicted octanol–water partition coefficient (Wildman–Crippen LogP) is 6.27. The lowest BCUT2D eigenvalue weighted by atomic mass is 9.88.